The Balaban J connectivity index is 3.26. The molecule has 1 atom stereocenters. The molecule has 8 nitrogen and oxygen atoms in total. The predicted octanol–water partition coefficient (Wildman–Crippen LogP) is 0.655. The number of carboxylic acids is 1. The molecule has 0 fully saturated rings. The molecule has 0 heterocycles. The van der Waals surface area contributed by atoms with Crippen LogP contribution >= 0.6 is 0 Å². The monoisotopic (exact) mass is 288 g/mol. The van der Waals surface area contributed by atoms with Crippen LogP contribution in [0, 0.1) is 17.0 Å². The molecule has 0 amide bonds. The lowest BCUT2D eigenvalue weighted by Gasteiger charge is -2.12. The van der Waals surface area contributed by atoms with Gasteiger partial charge in [-0.15, -0.1) is 0 Å². The molecule has 0 saturated heterocycles. The highest BCUT2D eigenvalue weighted by Gasteiger charge is 2.26. The Bertz CT molecular complexity index is 625. The van der Waals surface area contributed by atoms with E-state index in [0.29, 0.717) is 0 Å². The highest BCUT2D eigenvalue weighted by Crippen LogP contribution is 2.24. The van der Waals surface area contributed by atoms with Gasteiger partial charge in [-0.2, -0.15) is 4.72 Å². The van der Waals surface area contributed by atoms with E-state index >= 15 is 0 Å². The topological polar surface area (TPSA) is 127 Å². The second-order valence-corrected chi connectivity index (χ2v) is 5.52. The molecule has 0 aromatic heterocycles. The van der Waals surface area contributed by atoms with Crippen LogP contribution in [0.2, 0.25) is 0 Å². The minimum atomic E-state index is -4.13. The SMILES string of the molecule is Cc1c([N+](=O)[O-])cccc1S(=O)(=O)N[C@H](C)C(=O)O. The first-order chi connectivity index (χ1) is 8.66. The molecule has 0 radical (unpaired) electrons. The molecule has 1 aromatic carbocycles. The van der Waals surface area contributed by atoms with Gasteiger partial charge in [0.15, 0.2) is 0 Å². The largest absolute Gasteiger partial charge is 0.480 e. The second kappa shape index (κ2) is 5.33. The number of nitro benzene ring substituents is 1. The molecule has 19 heavy (non-hydrogen) atoms. The molecular weight excluding hydrogens is 276 g/mol. The van der Waals surface area contributed by atoms with Crippen LogP contribution in [0.3, 0.4) is 0 Å². The van der Waals surface area contributed by atoms with Gasteiger partial charge in [-0.25, -0.2) is 8.42 Å². The van der Waals surface area contributed by atoms with Crippen LogP contribution < -0.4 is 4.72 Å². The summed E-state index contributed by atoms with van der Waals surface area (Å²) in [5.41, 5.74) is -0.386. The van der Waals surface area contributed by atoms with Gasteiger partial charge in [0.25, 0.3) is 5.69 Å². The lowest BCUT2D eigenvalue weighted by molar-refractivity contribution is -0.385. The average molecular weight is 288 g/mol. The zero-order valence-electron chi connectivity index (χ0n) is 10.2. The van der Waals surface area contributed by atoms with E-state index < -0.39 is 27.0 Å². The number of hydrogen-bond acceptors (Lipinski definition) is 5. The molecule has 9 heteroatoms. The van der Waals surface area contributed by atoms with Gasteiger partial charge >= 0.3 is 5.97 Å². The predicted molar refractivity (Wildman–Crippen MR) is 65.3 cm³/mol. The standard InChI is InChI=1S/C10H12N2O6S/c1-6-8(12(15)16)4-3-5-9(6)19(17,18)11-7(2)10(13)14/h3-5,7,11H,1-2H3,(H,13,14)/t7-/m1/s1. The third kappa shape index (κ3) is 3.26. The fourth-order valence-corrected chi connectivity index (χ4v) is 2.90. The number of nitrogens with one attached hydrogen (secondary N) is 1. The van der Waals surface area contributed by atoms with Crippen LogP contribution in [0.15, 0.2) is 23.1 Å². The Morgan fingerprint density at radius 1 is 1.47 bits per heavy atom. The summed E-state index contributed by atoms with van der Waals surface area (Å²) >= 11 is 0. The molecule has 0 bridgehead atoms. The minimum Gasteiger partial charge on any atom is -0.480 e. The third-order valence-corrected chi connectivity index (χ3v) is 4.13. The number of aliphatic carboxylic acids is 1. The van der Waals surface area contributed by atoms with Crippen molar-refractivity contribution in [1.29, 1.82) is 0 Å². The number of benzene rings is 1. The van der Waals surface area contributed by atoms with Gasteiger partial charge in [-0.1, -0.05) is 6.07 Å². The number of sulfonamides is 1. The number of rotatable bonds is 5. The number of hydrogen-bond donors (Lipinski definition) is 2. The first-order valence-electron chi connectivity index (χ1n) is 5.16. The molecular formula is C10H12N2O6S. The highest BCUT2D eigenvalue weighted by molar-refractivity contribution is 7.89. The molecule has 0 aliphatic heterocycles. The van der Waals surface area contributed by atoms with E-state index in [0.717, 1.165) is 6.92 Å². The molecule has 0 spiro atoms. The first kappa shape index (κ1) is 15.1. The Morgan fingerprint density at radius 2 is 2.05 bits per heavy atom. The van der Waals surface area contributed by atoms with E-state index in [-0.39, 0.29) is 16.1 Å². The molecule has 0 aliphatic rings. The lowest BCUT2D eigenvalue weighted by atomic mass is 10.2. The van der Waals surface area contributed by atoms with Gasteiger partial charge in [0, 0.05) is 11.6 Å². The summed E-state index contributed by atoms with van der Waals surface area (Å²) in [5, 5.41) is 19.4. The van der Waals surface area contributed by atoms with Crippen LogP contribution in [0.4, 0.5) is 5.69 Å². The van der Waals surface area contributed by atoms with Gasteiger partial charge < -0.3 is 5.11 Å². The van der Waals surface area contributed by atoms with E-state index in [2.05, 4.69) is 0 Å². The zero-order valence-corrected chi connectivity index (χ0v) is 11.0. The van der Waals surface area contributed by atoms with Crippen molar-refractivity contribution >= 4 is 21.7 Å². The maximum atomic E-state index is 11.9. The van der Waals surface area contributed by atoms with Gasteiger partial charge in [-0.05, 0) is 19.9 Å². The summed E-state index contributed by atoms with van der Waals surface area (Å²) in [4.78, 5) is 20.4. The van der Waals surface area contributed by atoms with Crippen LogP contribution in [0.25, 0.3) is 0 Å². The van der Waals surface area contributed by atoms with Crippen LogP contribution in [-0.2, 0) is 14.8 Å². The number of nitro groups is 1. The number of carboxylic acid groups (broad SMARTS) is 1. The molecule has 0 aliphatic carbocycles. The smallest absolute Gasteiger partial charge is 0.321 e. The van der Waals surface area contributed by atoms with Crippen LogP contribution in [-0.4, -0.2) is 30.5 Å². The normalized spacial score (nSPS) is 12.9. The summed E-state index contributed by atoms with van der Waals surface area (Å²) in [6.07, 6.45) is 0. The Labute approximate surface area is 109 Å². The molecule has 0 unspecified atom stereocenters. The molecule has 2 N–H and O–H groups in total. The summed E-state index contributed by atoms with van der Waals surface area (Å²) in [6, 6.07) is 2.25. The third-order valence-electron chi connectivity index (χ3n) is 2.44. The number of carbonyl (C=O) groups is 1. The van der Waals surface area contributed by atoms with Crippen molar-refractivity contribution in [3.05, 3.63) is 33.9 Å². The van der Waals surface area contributed by atoms with Crippen molar-refractivity contribution in [2.24, 2.45) is 0 Å². The van der Waals surface area contributed by atoms with Crippen molar-refractivity contribution in [1.82, 2.24) is 4.72 Å². The summed E-state index contributed by atoms with van der Waals surface area (Å²) in [5.74, 6) is -1.34. The molecule has 1 aromatic rings. The van der Waals surface area contributed by atoms with E-state index in [1.54, 1.807) is 0 Å². The van der Waals surface area contributed by atoms with Gasteiger partial charge in [0.2, 0.25) is 10.0 Å². The second-order valence-electron chi connectivity index (χ2n) is 3.84. The first-order valence-corrected chi connectivity index (χ1v) is 6.64. The molecule has 1 rings (SSSR count). The minimum absolute atomic E-state index is 0.0439. The summed E-state index contributed by atoms with van der Waals surface area (Å²) < 4.78 is 25.8. The summed E-state index contributed by atoms with van der Waals surface area (Å²) in [7, 11) is -4.13. The van der Waals surface area contributed by atoms with E-state index in [9.17, 15) is 23.3 Å². The fourth-order valence-electron chi connectivity index (χ4n) is 1.44. The van der Waals surface area contributed by atoms with E-state index in [1.165, 1.54) is 25.1 Å². The van der Waals surface area contributed by atoms with Gasteiger partial charge in [-0.3, -0.25) is 14.9 Å². The van der Waals surface area contributed by atoms with Gasteiger partial charge in [0.05, 0.1) is 9.82 Å². The molecule has 104 valence electrons. The average Bonchev–Trinajstić information content (AvgIpc) is 2.27. The maximum absolute atomic E-state index is 11.9. The maximum Gasteiger partial charge on any atom is 0.321 e. The Hall–Kier alpha value is -2.00. The summed E-state index contributed by atoms with van der Waals surface area (Å²) in [6.45, 7) is 2.45. The van der Waals surface area contributed by atoms with Crippen molar-refractivity contribution < 1.29 is 23.2 Å². The van der Waals surface area contributed by atoms with Crippen molar-refractivity contribution in [3.63, 3.8) is 0 Å². The quantitative estimate of drug-likeness (QED) is 0.605. The highest BCUT2D eigenvalue weighted by atomic mass is 32.2. The fraction of sp³-hybridized carbons (Fsp3) is 0.300. The lowest BCUT2D eigenvalue weighted by Crippen LogP contribution is -2.38. The number of nitrogens with zero attached hydrogens (tertiary/aromatic N) is 1. The van der Waals surface area contributed by atoms with Gasteiger partial charge in [0.1, 0.15) is 6.04 Å². The van der Waals surface area contributed by atoms with Crippen molar-refractivity contribution in [2.75, 3.05) is 0 Å². The van der Waals surface area contributed by atoms with Crippen LogP contribution in [0.5, 0.6) is 0 Å². The van der Waals surface area contributed by atoms with Crippen LogP contribution in [0.1, 0.15) is 12.5 Å². The van der Waals surface area contributed by atoms with Crippen molar-refractivity contribution in [3.8, 4) is 0 Å². The molecule has 0 saturated carbocycles. The zero-order chi connectivity index (χ0) is 14.8. The van der Waals surface area contributed by atoms with E-state index in [1.807, 2.05) is 4.72 Å². The Morgan fingerprint density at radius 3 is 2.53 bits per heavy atom. The van der Waals surface area contributed by atoms with E-state index in [4.69, 9.17) is 5.11 Å². The van der Waals surface area contributed by atoms with Crippen molar-refractivity contribution in [2.45, 2.75) is 24.8 Å². The Kier molecular flexibility index (Phi) is 4.22.